The maximum atomic E-state index is 12.0. The Kier molecular flexibility index (Phi) is 4.49. The number of amides is 1. The van der Waals surface area contributed by atoms with Gasteiger partial charge in [-0.25, -0.2) is 10.2 Å². The highest BCUT2D eigenvalue weighted by Crippen LogP contribution is 2.11. The second-order valence-electron chi connectivity index (χ2n) is 5.14. The second-order valence-corrected chi connectivity index (χ2v) is 5.14. The quantitative estimate of drug-likeness (QED) is 0.737. The zero-order chi connectivity index (χ0) is 16.1. The van der Waals surface area contributed by atoms with Crippen LogP contribution in [0.15, 0.2) is 66.9 Å². The van der Waals surface area contributed by atoms with Crippen LogP contribution in [0.4, 0.5) is 0 Å². The zero-order valence-corrected chi connectivity index (χ0v) is 12.8. The van der Waals surface area contributed by atoms with E-state index >= 15 is 0 Å². The smallest absolute Gasteiger partial charge is 0.269 e. The average molecular weight is 307 g/mol. The molecule has 116 valence electrons. The van der Waals surface area contributed by atoms with Gasteiger partial charge in [0, 0.05) is 17.5 Å². The third-order valence-electron chi connectivity index (χ3n) is 3.45. The number of nitrogens with zero attached hydrogens (tertiary/aromatic N) is 2. The Bertz CT molecular complexity index is 780. The van der Waals surface area contributed by atoms with E-state index in [2.05, 4.69) is 10.6 Å². The lowest BCUT2D eigenvalue weighted by molar-refractivity contribution is 0.0233. The van der Waals surface area contributed by atoms with Crippen molar-refractivity contribution >= 4 is 5.91 Å². The van der Waals surface area contributed by atoms with Gasteiger partial charge in [0.25, 0.3) is 5.91 Å². The first-order valence-corrected chi connectivity index (χ1v) is 7.31. The van der Waals surface area contributed by atoms with Gasteiger partial charge in [0.05, 0.1) is 12.3 Å². The van der Waals surface area contributed by atoms with E-state index in [1.54, 1.807) is 18.3 Å². The summed E-state index contributed by atoms with van der Waals surface area (Å²) < 4.78 is 1.81. The third kappa shape index (κ3) is 3.64. The summed E-state index contributed by atoms with van der Waals surface area (Å²) in [5.74, 6) is -0.273. The van der Waals surface area contributed by atoms with Crippen molar-refractivity contribution in [2.45, 2.75) is 13.5 Å². The second kappa shape index (κ2) is 6.89. The predicted molar refractivity (Wildman–Crippen MR) is 87.0 cm³/mol. The number of carbonyl (C=O) groups excluding carboxylic acids is 1. The SMILES string of the molecule is Cc1ccnn1-c1ccc(C(=O)NOCc2ccccc2)cc1. The van der Waals surface area contributed by atoms with Crippen LogP contribution in [0, 0.1) is 6.92 Å². The van der Waals surface area contributed by atoms with Crippen LogP contribution >= 0.6 is 0 Å². The molecule has 0 atom stereocenters. The molecule has 3 rings (SSSR count). The summed E-state index contributed by atoms with van der Waals surface area (Å²) in [6, 6.07) is 18.8. The predicted octanol–water partition coefficient (Wildman–Crippen LogP) is 3.04. The molecule has 0 unspecified atom stereocenters. The molecule has 0 spiro atoms. The van der Waals surface area contributed by atoms with Gasteiger partial charge in [-0.05, 0) is 42.8 Å². The highest BCUT2D eigenvalue weighted by atomic mass is 16.6. The molecule has 0 radical (unpaired) electrons. The summed E-state index contributed by atoms with van der Waals surface area (Å²) in [5.41, 5.74) is 5.93. The molecule has 3 aromatic rings. The molecule has 0 fully saturated rings. The summed E-state index contributed by atoms with van der Waals surface area (Å²) in [7, 11) is 0. The number of carbonyl (C=O) groups is 1. The molecule has 23 heavy (non-hydrogen) atoms. The Balaban J connectivity index is 1.59. The number of nitrogens with one attached hydrogen (secondary N) is 1. The molecular weight excluding hydrogens is 290 g/mol. The van der Waals surface area contributed by atoms with Crippen LogP contribution in [0.25, 0.3) is 5.69 Å². The van der Waals surface area contributed by atoms with Crippen LogP contribution in [0.3, 0.4) is 0 Å². The standard InChI is InChI=1S/C18H17N3O2/c1-14-11-12-19-21(14)17-9-7-16(8-10-17)18(22)20-23-13-15-5-3-2-4-6-15/h2-12H,13H2,1H3,(H,20,22). The van der Waals surface area contributed by atoms with Crippen molar-refractivity contribution in [1.82, 2.24) is 15.3 Å². The van der Waals surface area contributed by atoms with Crippen molar-refractivity contribution in [3.05, 3.63) is 83.7 Å². The molecular formula is C18H17N3O2. The first kappa shape index (κ1) is 15.0. The van der Waals surface area contributed by atoms with Gasteiger partial charge in [-0.2, -0.15) is 5.10 Å². The van der Waals surface area contributed by atoms with E-state index in [4.69, 9.17) is 4.84 Å². The molecule has 5 nitrogen and oxygen atoms in total. The molecule has 1 amide bonds. The van der Waals surface area contributed by atoms with Gasteiger partial charge in [-0.15, -0.1) is 0 Å². The molecule has 0 saturated heterocycles. The Labute approximate surface area is 134 Å². The monoisotopic (exact) mass is 307 g/mol. The number of hydrogen-bond donors (Lipinski definition) is 1. The lowest BCUT2D eigenvalue weighted by Gasteiger charge is -2.08. The molecule has 0 aliphatic carbocycles. The van der Waals surface area contributed by atoms with Gasteiger partial charge < -0.3 is 0 Å². The number of hydrogen-bond acceptors (Lipinski definition) is 3. The largest absolute Gasteiger partial charge is 0.274 e. The normalized spacial score (nSPS) is 10.5. The van der Waals surface area contributed by atoms with Crippen LogP contribution in [-0.2, 0) is 11.4 Å². The van der Waals surface area contributed by atoms with Gasteiger partial charge >= 0.3 is 0 Å². The lowest BCUT2D eigenvalue weighted by Crippen LogP contribution is -2.23. The van der Waals surface area contributed by atoms with Crippen molar-refractivity contribution < 1.29 is 9.63 Å². The minimum atomic E-state index is -0.273. The fourth-order valence-corrected chi connectivity index (χ4v) is 2.21. The minimum Gasteiger partial charge on any atom is -0.269 e. The number of hydroxylamine groups is 1. The Morgan fingerprint density at radius 2 is 1.83 bits per heavy atom. The number of aromatic nitrogens is 2. The average Bonchev–Trinajstić information content (AvgIpc) is 3.02. The Hall–Kier alpha value is -2.92. The van der Waals surface area contributed by atoms with Crippen LogP contribution < -0.4 is 5.48 Å². The maximum absolute atomic E-state index is 12.0. The Morgan fingerprint density at radius 1 is 1.09 bits per heavy atom. The Morgan fingerprint density at radius 3 is 2.48 bits per heavy atom. The minimum absolute atomic E-state index is 0.273. The first-order valence-electron chi connectivity index (χ1n) is 7.31. The summed E-state index contributed by atoms with van der Waals surface area (Å²) in [6.45, 7) is 2.31. The first-order chi connectivity index (χ1) is 11.2. The van der Waals surface area contributed by atoms with E-state index in [0.717, 1.165) is 16.9 Å². The molecule has 0 bridgehead atoms. The number of rotatable bonds is 5. The summed E-state index contributed by atoms with van der Waals surface area (Å²) in [6.07, 6.45) is 1.74. The highest BCUT2D eigenvalue weighted by Gasteiger charge is 2.07. The molecule has 1 N–H and O–H groups in total. The maximum Gasteiger partial charge on any atom is 0.274 e. The third-order valence-corrected chi connectivity index (χ3v) is 3.45. The molecule has 0 aliphatic heterocycles. The zero-order valence-electron chi connectivity index (χ0n) is 12.8. The van der Waals surface area contributed by atoms with Gasteiger partial charge in [0.1, 0.15) is 0 Å². The van der Waals surface area contributed by atoms with Gasteiger partial charge in [0.2, 0.25) is 0 Å². The van der Waals surface area contributed by atoms with Crippen LogP contribution in [0.1, 0.15) is 21.6 Å². The van der Waals surface area contributed by atoms with Crippen molar-refractivity contribution in [3.63, 3.8) is 0 Å². The van der Waals surface area contributed by atoms with E-state index in [-0.39, 0.29) is 5.91 Å². The van der Waals surface area contributed by atoms with Crippen molar-refractivity contribution in [3.8, 4) is 5.69 Å². The van der Waals surface area contributed by atoms with E-state index < -0.39 is 0 Å². The van der Waals surface area contributed by atoms with Crippen molar-refractivity contribution in [1.29, 1.82) is 0 Å². The fraction of sp³-hybridized carbons (Fsp3) is 0.111. The van der Waals surface area contributed by atoms with E-state index in [0.29, 0.717) is 12.2 Å². The van der Waals surface area contributed by atoms with Gasteiger partial charge in [-0.1, -0.05) is 30.3 Å². The summed E-state index contributed by atoms with van der Waals surface area (Å²) in [4.78, 5) is 17.3. The topological polar surface area (TPSA) is 56.2 Å². The molecule has 1 heterocycles. The van der Waals surface area contributed by atoms with E-state index in [1.165, 1.54) is 0 Å². The number of aryl methyl sites for hydroxylation is 1. The molecule has 5 heteroatoms. The fourth-order valence-electron chi connectivity index (χ4n) is 2.21. The van der Waals surface area contributed by atoms with Crippen LogP contribution in [0.5, 0.6) is 0 Å². The molecule has 2 aromatic carbocycles. The molecule has 0 aliphatic rings. The summed E-state index contributed by atoms with van der Waals surface area (Å²) >= 11 is 0. The van der Waals surface area contributed by atoms with Gasteiger partial charge in [-0.3, -0.25) is 9.63 Å². The van der Waals surface area contributed by atoms with Gasteiger partial charge in [0.15, 0.2) is 0 Å². The van der Waals surface area contributed by atoms with Crippen molar-refractivity contribution in [2.75, 3.05) is 0 Å². The van der Waals surface area contributed by atoms with E-state index in [1.807, 2.05) is 60.1 Å². The lowest BCUT2D eigenvalue weighted by atomic mass is 10.2. The van der Waals surface area contributed by atoms with E-state index in [9.17, 15) is 4.79 Å². The number of benzene rings is 2. The highest BCUT2D eigenvalue weighted by molar-refractivity contribution is 5.93. The molecule has 0 saturated carbocycles. The van der Waals surface area contributed by atoms with Crippen molar-refractivity contribution in [2.24, 2.45) is 0 Å². The molecule has 1 aromatic heterocycles. The van der Waals surface area contributed by atoms with Crippen LogP contribution in [0.2, 0.25) is 0 Å². The summed E-state index contributed by atoms with van der Waals surface area (Å²) in [5, 5.41) is 4.24. The van der Waals surface area contributed by atoms with Crippen LogP contribution in [-0.4, -0.2) is 15.7 Å².